The van der Waals surface area contributed by atoms with Gasteiger partial charge in [-0.2, -0.15) is 0 Å². The Labute approximate surface area is 109 Å². The van der Waals surface area contributed by atoms with Crippen LogP contribution in [0.3, 0.4) is 0 Å². The number of carbonyl (C=O) groups is 1. The van der Waals surface area contributed by atoms with Gasteiger partial charge in [0.25, 0.3) is 0 Å². The third kappa shape index (κ3) is 3.33. The zero-order valence-corrected chi connectivity index (χ0v) is 11.7. The fourth-order valence-electron chi connectivity index (χ4n) is 2.32. The van der Waals surface area contributed by atoms with Crippen LogP contribution < -0.4 is 5.32 Å². The van der Waals surface area contributed by atoms with Crippen LogP contribution in [0.1, 0.15) is 43.4 Å². The van der Waals surface area contributed by atoms with E-state index >= 15 is 0 Å². The minimum absolute atomic E-state index is 0.587. The van der Waals surface area contributed by atoms with Gasteiger partial charge in [0.2, 0.25) is 0 Å². The second-order valence-electron chi connectivity index (χ2n) is 4.94. The van der Waals surface area contributed by atoms with Crippen molar-refractivity contribution in [3.63, 3.8) is 0 Å². The Morgan fingerprint density at radius 1 is 1.17 bits per heavy atom. The van der Waals surface area contributed by atoms with Gasteiger partial charge in [-0.1, -0.05) is 43.2 Å². The zero-order chi connectivity index (χ0) is 13.8. The molecule has 2 N–H and O–H groups in total. The third-order valence-electron chi connectivity index (χ3n) is 3.53. The van der Waals surface area contributed by atoms with E-state index in [0.717, 1.165) is 5.56 Å². The van der Waals surface area contributed by atoms with Gasteiger partial charge in [0.05, 0.1) is 0 Å². The van der Waals surface area contributed by atoms with Gasteiger partial charge in [0.15, 0.2) is 0 Å². The maximum absolute atomic E-state index is 11.4. The van der Waals surface area contributed by atoms with E-state index in [4.69, 9.17) is 0 Å². The van der Waals surface area contributed by atoms with E-state index < -0.39 is 11.5 Å². The minimum Gasteiger partial charge on any atom is -0.480 e. The van der Waals surface area contributed by atoms with Crippen LogP contribution >= 0.6 is 0 Å². The molecule has 1 rings (SSSR count). The molecule has 0 aliphatic rings. The van der Waals surface area contributed by atoms with Crippen LogP contribution in [0.5, 0.6) is 0 Å². The van der Waals surface area contributed by atoms with Crippen molar-refractivity contribution in [3.05, 3.63) is 34.9 Å². The molecule has 0 saturated heterocycles. The predicted octanol–water partition coefficient (Wildman–Crippen LogP) is 3.04. The quantitative estimate of drug-likeness (QED) is 0.814. The summed E-state index contributed by atoms with van der Waals surface area (Å²) in [6.45, 7) is 8.52. The Morgan fingerprint density at radius 2 is 1.67 bits per heavy atom. The number of aryl methyl sites for hydroxylation is 2. The molecule has 3 nitrogen and oxygen atoms in total. The molecule has 0 amide bonds. The molecule has 0 heterocycles. The van der Waals surface area contributed by atoms with Crippen LogP contribution in [-0.4, -0.2) is 16.6 Å². The van der Waals surface area contributed by atoms with E-state index in [0.29, 0.717) is 19.4 Å². The first-order valence-electron chi connectivity index (χ1n) is 6.49. The normalized spacial score (nSPS) is 11.6. The summed E-state index contributed by atoms with van der Waals surface area (Å²) in [6, 6.07) is 6.31. The van der Waals surface area contributed by atoms with Gasteiger partial charge < -0.3 is 5.11 Å². The molecule has 0 saturated carbocycles. The third-order valence-corrected chi connectivity index (χ3v) is 3.53. The fraction of sp³-hybridized carbons (Fsp3) is 0.533. The number of carboxylic acid groups (broad SMARTS) is 1. The van der Waals surface area contributed by atoms with Gasteiger partial charge in [-0.15, -0.1) is 0 Å². The van der Waals surface area contributed by atoms with Crippen LogP contribution in [0.2, 0.25) is 0 Å². The van der Waals surface area contributed by atoms with Crippen molar-refractivity contribution < 1.29 is 9.90 Å². The van der Waals surface area contributed by atoms with Crippen molar-refractivity contribution in [1.29, 1.82) is 0 Å². The van der Waals surface area contributed by atoms with E-state index in [1.807, 2.05) is 13.8 Å². The highest BCUT2D eigenvalue weighted by Crippen LogP contribution is 2.17. The summed E-state index contributed by atoms with van der Waals surface area (Å²) in [7, 11) is 0. The van der Waals surface area contributed by atoms with Gasteiger partial charge in [0, 0.05) is 6.54 Å². The molecular weight excluding hydrogens is 226 g/mol. The Kier molecular flexibility index (Phi) is 4.91. The molecule has 0 fully saturated rings. The molecule has 0 radical (unpaired) electrons. The maximum atomic E-state index is 11.4. The van der Waals surface area contributed by atoms with Crippen molar-refractivity contribution in [1.82, 2.24) is 5.32 Å². The largest absolute Gasteiger partial charge is 0.480 e. The van der Waals surface area contributed by atoms with Crippen LogP contribution in [-0.2, 0) is 11.3 Å². The number of benzene rings is 1. The summed E-state index contributed by atoms with van der Waals surface area (Å²) in [6.07, 6.45) is 1.17. The fourth-order valence-corrected chi connectivity index (χ4v) is 2.32. The molecule has 0 spiro atoms. The van der Waals surface area contributed by atoms with Crippen molar-refractivity contribution in [2.75, 3.05) is 0 Å². The Hall–Kier alpha value is -1.35. The van der Waals surface area contributed by atoms with Crippen LogP contribution in [0.25, 0.3) is 0 Å². The molecule has 0 atom stereocenters. The molecule has 0 aromatic heterocycles. The van der Waals surface area contributed by atoms with Crippen LogP contribution in [0, 0.1) is 13.8 Å². The van der Waals surface area contributed by atoms with Gasteiger partial charge in [-0.25, -0.2) is 0 Å². The average molecular weight is 249 g/mol. The molecule has 1 aromatic rings. The molecular formula is C15H23NO2. The molecule has 1 aromatic carbocycles. The predicted molar refractivity (Wildman–Crippen MR) is 73.7 cm³/mol. The summed E-state index contributed by atoms with van der Waals surface area (Å²) in [5, 5.41) is 12.6. The van der Waals surface area contributed by atoms with Crippen LogP contribution in [0.15, 0.2) is 18.2 Å². The van der Waals surface area contributed by atoms with E-state index in [2.05, 4.69) is 37.4 Å². The SMILES string of the molecule is CCC(CC)(NCc1cc(C)cc(C)c1)C(=O)O. The first kappa shape index (κ1) is 14.7. The summed E-state index contributed by atoms with van der Waals surface area (Å²) in [4.78, 5) is 11.4. The lowest BCUT2D eigenvalue weighted by atomic mass is 9.92. The lowest BCUT2D eigenvalue weighted by molar-refractivity contribution is -0.145. The minimum atomic E-state index is -0.808. The van der Waals surface area contributed by atoms with Crippen molar-refractivity contribution in [3.8, 4) is 0 Å². The smallest absolute Gasteiger partial charge is 0.323 e. The second kappa shape index (κ2) is 6.01. The molecule has 0 aliphatic heterocycles. The molecule has 0 unspecified atom stereocenters. The van der Waals surface area contributed by atoms with E-state index in [1.165, 1.54) is 11.1 Å². The van der Waals surface area contributed by atoms with Crippen molar-refractivity contribution in [2.24, 2.45) is 0 Å². The Morgan fingerprint density at radius 3 is 2.06 bits per heavy atom. The summed E-state index contributed by atoms with van der Waals surface area (Å²) >= 11 is 0. The topological polar surface area (TPSA) is 49.3 Å². The van der Waals surface area contributed by atoms with Gasteiger partial charge in [-0.3, -0.25) is 10.1 Å². The van der Waals surface area contributed by atoms with E-state index in [1.54, 1.807) is 0 Å². The number of rotatable bonds is 6. The van der Waals surface area contributed by atoms with Crippen LogP contribution in [0.4, 0.5) is 0 Å². The van der Waals surface area contributed by atoms with E-state index in [9.17, 15) is 9.90 Å². The summed E-state index contributed by atoms with van der Waals surface area (Å²) in [5.74, 6) is -0.767. The number of hydrogen-bond acceptors (Lipinski definition) is 2. The van der Waals surface area contributed by atoms with Gasteiger partial charge >= 0.3 is 5.97 Å². The summed E-state index contributed by atoms with van der Waals surface area (Å²) < 4.78 is 0. The number of aliphatic carboxylic acids is 1. The average Bonchev–Trinajstić information content (AvgIpc) is 2.29. The molecule has 0 bridgehead atoms. The summed E-state index contributed by atoms with van der Waals surface area (Å²) in [5.41, 5.74) is 2.75. The first-order valence-corrected chi connectivity index (χ1v) is 6.49. The number of carboxylic acids is 1. The van der Waals surface area contributed by atoms with E-state index in [-0.39, 0.29) is 0 Å². The van der Waals surface area contributed by atoms with Gasteiger partial charge in [-0.05, 0) is 32.3 Å². The molecule has 0 aliphatic carbocycles. The first-order chi connectivity index (χ1) is 8.43. The number of hydrogen-bond donors (Lipinski definition) is 2. The monoisotopic (exact) mass is 249 g/mol. The standard InChI is InChI=1S/C15H23NO2/c1-5-15(6-2,14(17)18)16-10-13-8-11(3)7-12(4)9-13/h7-9,16H,5-6,10H2,1-4H3,(H,17,18). The molecule has 3 heteroatoms. The highest BCUT2D eigenvalue weighted by Gasteiger charge is 2.33. The lowest BCUT2D eigenvalue weighted by Crippen LogP contribution is -2.50. The molecule has 100 valence electrons. The second-order valence-corrected chi connectivity index (χ2v) is 4.94. The molecule has 18 heavy (non-hydrogen) atoms. The highest BCUT2D eigenvalue weighted by atomic mass is 16.4. The van der Waals surface area contributed by atoms with Crippen molar-refractivity contribution in [2.45, 2.75) is 52.6 Å². The highest BCUT2D eigenvalue weighted by molar-refractivity contribution is 5.78. The lowest BCUT2D eigenvalue weighted by Gasteiger charge is -2.28. The Balaban J connectivity index is 2.82. The zero-order valence-electron chi connectivity index (χ0n) is 11.7. The Bertz CT molecular complexity index is 402. The maximum Gasteiger partial charge on any atom is 0.323 e. The van der Waals surface area contributed by atoms with Crippen molar-refractivity contribution >= 4 is 5.97 Å². The number of nitrogens with one attached hydrogen (secondary N) is 1. The van der Waals surface area contributed by atoms with Gasteiger partial charge in [0.1, 0.15) is 5.54 Å².